The van der Waals surface area contributed by atoms with Crippen LogP contribution in [0.4, 0.5) is 0 Å². The fraction of sp³-hybridized carbons (Fsp3) is 0.100. The van der Waals surface area contributed by atoms with E-state index in [9.17, 15) is 4.79 Å². The number of ether oxygens (including phenoxy) is 2. The van der Waals surface area contributed by atoms with E-state index in [1.54, 1.807) is 23.6 Å². The monoisotopic (exact) mass is 364 g/mol. The Labute approximate surface area is 154 Å². The number of hydrogen-bond acceptors (Lipinski definition) is 5. The molecule has 26 heavy (non-hydrogen) atoms. The van der Waals surface area contributed by atoms with Crippen LogP contribution in [0.5, 0.6) is 11.5 Å². The highest BCUT2D eigenvalue weighted by Crippen LogP contribution is 2.32. The second-order valence-electron chi connectivity index (χ2n) is 5.65. The number of thiophene rings is 1. The molecular formula is C20H16N2O3S. The van der Waals surface area contributed by atoms with Crippen molar-refractivity contribution in [2.24, 2.45) is 0 Å². The van der Waals surface area contributed by atoms with Crippen molar-refractivity contribution in [1.82, 2.24) is 10.3 Å². The highest BCUT2D eigenvalue weighted by Gasteiger charge is 2.12. The maximum absolute atomic E-state index is 12.1. The lowest BCUT2D eigenvalue weighted by atomic mass is 10.1. The molecule has 0 saturated heterocycles. The number of rotatable bonds is 5. The van der Waals surface area contributed by atoms with Crippen molar-refractivity contribution in [2.45, 2.75) is 6.54 Å². The third-order valence-electron chi connectivity index (χ3n) is 3.92. The van der Waals surface area contributed by atoms with Crippen LogP contribution in [-0.4, -0.2) is 17.7 Å². The van der Waals surface area contributed by atoms with Crippen LogP contribution in [0.1, 0.15) is 11.1 Å². The zero-order valence-corrected chi connectivity index (χ0v) is 14.7. The molecule has 130 valence electrons. The van der Waals surface area contributed by atoms with E-state index in [-0.39, 0.29) is 12.7 Å². The third kappa shape index (κ3) is 3.60. The first-order valence-electron chi connectivity index (χ1n) is 8.13. The summed E-state index contributed by atoms with van der Waals surface area (Å²) in [4.78, 5) is 17.7. The molecule has 1 amide bonds. The molecule has 0 fully saturated rings. The Hall–Kier alpha value is -3.12. The minimum atomic E-state index is -0.163. The van der Waals surface area contributed by atoms with Gasteiger partial charge in [0.1, 0.15) is 0 Å². The Morgan fingerprint density at radius 2 is 2.12 bits per heavy atom. The number of aromatic nitrogens is 1. The van der Waals surface area contributed by atoms with Crippen molar-refractivity contribution < 1.29 is 14.3 Å². The second-order valence-corrected chi connectivity index (χ2v) is 6.60. The molecule has 0 aliphatic carbocycles. The van der Waals surface area contributed by atoms with Crippen molar-refractivity contribution in [1.29, 1.82) is 0 Å². The number of amides is 1. The average Bonchev–Trinajstić information content (AvgIpc) is 3.36. The quantitative estimate of drug-likeness (QED) is 0.698. The molecule has 0 unspecified atom stereocenters. The topological polar surface area (TPSA) is 60.5 Å². The van der Waals surface area contributed by atoms with E-state index in [0.717, 1.165) is 27.4 Å². The zero-order valence-electron chi connectivity index (χ0n) is 13.8. The van der Waals surface area contributed by atoms with Crippen LogP contribution >= 0.6 is 11.3 Å². The van der Waals surface area contributed by atoms with Gasteiger partial charge >= 0.3 is 0 Å². The minimum Gasteiger partial charge on any atom is -0.454 e. The second kappa shape index (κ2) is 7.41. The van der Waals surface area contributed by atoms with Crippen LogP contribution in [0.3, 0.4) is 0 Å². The zero-order chi connectivity index (χ0) is 17.8. The summed E-state index contributed by atoms with van der Waals surface area (Å²) >= 11 is 1.63. The van der Waals surface area contributed by atoms with Crippen molar-refractivity contribution in [3.05, 3.63) is 71.2 Å². The average molecular weight is 364 g/mol. The first-order valence-corrected chi connectivity index (χ1v) is 9.01. The molecule has 3 heterocycles. The predicted octanol–water partition coefficient (Wildman–Crippen LogP) is 3.87. The lowest BCUT2D eigenvalue weighted by Gasteiger charge is -2.07. The van der Waals surface area contributed by atoms with Gasteiger partial charge in [-0.1, -0.05) is 18.2 Å². The molecule has 5 nitrogen and oxygen atoms in total. The first kappa shape index (κ1) is 16.4. The molecule has 6 heteroatoms. The molecular weight excluding hydrogens is 348 g/mol. The van der Waals surface area contributed by atoms with Gasteiger partial charge < -0.3 is 14.8 Å². The van der Waals surface area contributed by atoms with Crippen molar-refractivity contribution in [3.63, 3.8) is 0 Å². The predicted molar refractivity (Wildman–Crippen MR) is 101 cm³/mol. The summed E-state index contributed by atoms with van der Waals surface area (Å²) in [5, 5.41) is 4.92. The normalized spacial score (nSPS) is 12.5. The van der Waals surface area contributed by atoms with Crippen LogP contribution in [0.2, 0.25) is 0 Å². The molecule has 0 spiro atoms. The van der Waals surface area contributed by atoms with Gasteiger partial charge in [0.25, 0.3) is 0 Å². The Morgan fingerprint density at radius 3 is 3.00 bits per heavy atom. The number of benzene rings is 1. The Bertz CT molecular complexity index is 951. The van der Waals surface area contributed by atoms with Gasteiger partial charge in [-0.3, -0.25) is 9.78 Å². The number of nitrogens with zero attached hydrogens (tertiary/aromatic N) is 1. The van der Waals surface area contributed by atoms with E-state index in [4.69, 9.17) is 9.47 Å². The lowest BCUT2D eigenvalue weighted by molar-refractivity contribution is -0.116. The van der Waals surface area contributed by atoms with Gasteiger partial charge in [-0.15, -0.1) is 11.3 Å². The third-order valence-corrected chi connectivity index (χ3v) is 4.80. The van der Waals surface area contributed by atoms with Crippen LogP contribution in [0, 0.1) is 0 Å². The molecule has 1 aromatic carbocycles. The molecule has 0 bridgehead atoms. The lowest BCUT2D eigenvalue weighted by Crippen LogP contribution is -2.20. The summed E-state index contributed by atoms with van der Waals surface area (Å²) in [5.74, 6) is 1.26. The molecule has 1 aliphatic heterocycles. The maximum Gasteiger partial charge on any atom is 0.244 e. The highest BCUT2D eigenvalue weighted by atomic mass is 32.1. The standard InChI is InChI=1S/C20H16N2O3S/c23-19(8-6-14-5-7-16-17(11-14)25-13-24-16)22-12-15-3-1-9-21-20(15)18-4-2-10-26-18/h1-11H,12-13H2,(H,22,23). The Balaban J connectivity index is 1.40. The smallest absolute Gasteiger partial charge is 0.244 e. The number of hydrogen-bond donors (Lipinski definition) is 1. The Kier molecular flexibility index (Phi) is 4.66. The van der Waals surface area contributed by atoms with Gasteiger partial charge in [-0.2, -0.15) is 0 Å². The van der Waals surface area contributed by atoms with Crippen LogP contribution in [0.25, 0.3) is 16.6 Å². The fourth-order valence-electron chi connectivity index (χ4n) is 2.65. The van der Waals surface area contributed by atoms with Gasteiger partial charge in [-0.25, -0.2) is 0 Å². The largest absolute Gasteiger partial charge is 0.454 e. The van der Waals surface area contributed by atoms with E-state index in [1.807, 2.05) is 47.8 Å². The number of fused-ring (bicyclic) bond motifs is 1. The minimum absolute atomic E-state index is 0.163. The van der Waals surface area contributed by atoms with E-state index >= 15 is 0 Å². The molecule has 0 radical (unpaired) electrons. The van der Waals surface area contributed by atoms with E-state index in [2.05, 4.69) is 10.3 Å². The van der Waals surface area contributed by atoms with Gasteiger partial charge in [0.15, 0.2) is 11.5 Å². The number of nitrogens with one attached hydrogen (secondary N) is 1. The van der Waals surface area contributed by atoms with Gasteiger partial charge in [0.05, 0.1) is 10.6 Å². The molecule has 2 aromatic heterocycles. The van der Waals surface area contributed by atoms with E-state index in [0.29, 0.717) is 12.3 Å². The number of carbonyl (C=O) groups is 1. The summed E-state index contributed by atoms with van der Waals surface area (Å²) in [6, 6.07) is 13.4. The molecule has 1 aliphatic rings. The molecule has 4 rings (SSSR count). The summed E-state index contributed by atoms with van der Waals surface area (Å²) in [7, 11) is 0. The molecule has 3 aromatic rings. The summed E-state index contributed by atoms with van der Waals surface area (Å²) in [5.41, 5.74) is 2.77. The van der Waals surface area contributed by atoms with Crippen molar-refractivity contribution >= 4 is 23.3 Å². The summed E-state index contributed by atoms with van der Waals surface area (Å²) in [6.45, 7) is 0.659. The number of pyridine rings is 1. The Morgan fingerprint density at radius 1 is 1.19 bits per heavy atom. The van der Waals surface area contributed by atoms with Crippen molar-refractivity contribution in [2.75, 3.05) is 6.79 Å². The molecule has 0 saturated carbocycles. The summed E-state index contributed by atoms with van der Waals surface area (Å²) < 4.78 is 10.6. The van der Waals surface area contributed by atoms with E-state index < -0.39 is 0 Å². The summed E-state index contributed by atoms with van der Waals surface area (Å²) in [6.07, 6.45) is 5.03. The molecule has 0 atom stereocenters. The van der Waals surface area contributed by atoms with Crippen molar-refractivity contribution in [3.8, 4) is 22.1 Å². The van der Waals surface area contributed by atoms with Crippen LogP contribution < -0.4 is 14.8 Å². The SMILES string of the molecule is O=C(C=Cc1ccc2c(c1)OCO2)NCc1cccnc1-c1cccs1. The fourth-order valence-corrected chi connectivity index (χ4v) is 3.40. The maximum atomic E-state index is 12.1. The van der Waals surface area contributed by atoms with Gasteiger partial charge in [0, 0.05) is 18.8 Å². The van der Waals surface area contributed by atoms with Crippen LogP contribution in [0.15, 0.2) is 60.1 Å². The first-order chi connectivity index (χ1) is 12.8. The number of carbonyl (C=O) groups excluding carboxylic acids is 1. The van der Waals surface area contributed by atoms with E-state index in [1.165, 1.54) is 6.08 Å². The molecule has 1 N–H and O–H groups in total. The van der Waals surface area contributed by atoms with Gasteiger partial charge in [-0.05, 0) is 46.8 Å². The van der Waals surface area contributed by atoms with Crippen LogP contribution in [-0.2, 0) is 11.3 Å². The van der Waals surface area contributed by atoms with Gasteiger partial charge in [0.2, 0.25) is 12.7 Å². The highest BCUT2D eigenvalue weighted by molar-refractivity contribution is 7.13.